The predicted molar refractivity (Wildman–Crippen MR) is 89.1 cm³/mol. The van der Waals surface area contributed by atoms with Gasteiger partial charge in [0.05, 0.1) is 12.1 Å². The number of rotatable bonds is 6. The van der Waals surface area contributed by atoms with Crippen LogP contribution in [0.1, 0.15) is 28.5 Å². The second-order valence-electron chi connectivity index (χ2n) is 5.26. The third kappa shape index (κ3) is 4.80. The lowest BCUT2D eigenvalue weighted by Gasteiger charge is -2.13. The molecule has 132 valence electrons. The molecule has 25 heavy (non-hydrogen) atoms. The molecule has 0 saturated carbocycles. The first-order valence-corrected chi connectivity index (χ1v) is 7.66. The summed E-state index contributed by atoms with van der Waals surface area (Å²) in [7, 11) is 0. The molecule has 0 spiro atoms. The van der Waals surface area contributed by atoms with Gasteiger partial charge in [-0.15, -0.1) is 0 Å². The number of nitrogens with one attached hydrogen (secondary N) is 1. The van der Waals surface area contributed by atoms with Crippen molar-refractivity contribution in [3.63, 3.8) is 0 Å². The number of primary amides is 1. The number of hydrogen-bond donors (Lipinski definition) is 2. The predicted octanol–water partition coefficient (Wildman–Crippen LogP) is 1.85. The fourth-order valence-electron chi connectivity index (χ4n) is 1.96. The summed E-state index contributed by atoms with van der Waals surface area (Å²) in [5.74, 6) is -1.73. The van der Waals surface area contributed by atoms with Gasteiger partial charge >= 0.3 is 5.97 Å². The fourth-order valence-corrected chi connectivity index (χ4v) is 2.19. The molecule has 8 nitrogen and oxygen atoms in total. The number of nitrogens with zero attached hydrogens (tertiary/aromatic N) is 1. The van der Waals surface area contributed by atoms with Gasteiger partial charge < -0.3 is 20.3 Å². The molecule has 2 rings (SSSR count). The van der Waals surface area contributed by atoms with E-state index in [0.29, 0.717) is 22.5 Å². The van der Waals surface area contributed by atoms with Gasteiger partial charge in [-0.05, 0) is 49.7 Å². The van der Waals surface area contributed by atoms with Gasteiger partial charge in [0.15, 0.2) is 6.10 Å². The summed E-state index contributed by atoms with van der Waals surface area (Å²) in [5, 5.41) is 6.22. The Kier molecular flexibility index (Phi) is 5.76. The van der Waals surface area contributed by atoms with E-state index in [2.05, 4.69) is 10.5 Å². The zero-order chi connectivity index (χ0) is 18.6. The van der Waals surface area contributed by atoms with Crippen molar-refractivity contribution in [3.05, 3.63) is 46.3 Å². The van der Waals surface area contributed by atoms with Gasteiger partial charge in [0, 0.05) is 16.8 Å². The first-order valence-electron chi connectivity index (χ1n) is 7.28. The smallest absolute Gasteiger partial charge is 0.311 e. The van der Waals surface area contributed by atoms with E-state index in [9.17, 15) is 14.4 Å². The van der Waals surface area contributed by atoms with Crippen molar-refractivity contribution in [1.82, 2.24) is 5.16 Å². The van der Waals surface area contributed by atoms with Crippen LogP contribution in [0.4, 0.5) is 5.69 Å². The van der Waals surface area contributed by atoms with Crippen LogP contribution in [0.2, 0.25) is 5.22 Å². The Hall–Kier alpha value is -2.87. The molecule has 2 amide bonds. The van der Waals surface area contributed by atoms with Gasteiger partial charge in [0.2, 0.25) is 11.1 Å². The summed E-state index contributed by atoms with van der Waals surface area (Å²) in [6.45, 7) is 3.08. The van der Waals surface area contributed by atoms with Crippen molar-refractivity contribution < 1.29 is 23.6 Å². The molecule has 0 saturated heterocycles. The van der Waals surface area contributed by atoms with Crippen LogP contribution in [0.25, 0.3) is 0 Å². The van der Waals surface area contributed by atoms with Gasteiger partial charge in [0.25, 0.3) is 5.91 Å². The van der Waals surface area contributed by atoms with E-state index in [1.54, 1.807) is 6.92 Å². The van der Waals surface area contributed by atoms with Gasteiger partial charge in [-0.25, -0.2) is 0 Å². The number of ether oxygens (including phenoxy) is 1. The van der Waals surface area contributed by atoms with Crippen molar-refractivity contribution in [2.75, 3.05) is 5.32 Å². The third-order valence-electron chi connectivity index (χ3n) is 3.37. The number of benzene rings is 1. The summed E-state index contributed by atoms with van der Waals surface area (Å²) < 4.78 is 9.83. The summed E-state index contributed by atoms with van der Waals surface area (Å²) in [5.41, 5.74) is 6.80. The molecule has 0 radical (unpaired) electrons. The van der Waals surface area contributed by atoms with E-state index in [1.807, 2.05) is 0 Å². The van der Waals surface area contributed by atoms with E-state index in [-0.39, 0.29) is 11.6 Å². The minimum Gasteiger partial charge on any atom is -0.452 e. The Morgan fingerprint density at radius 2 is 1.96 bits per heavy atom. The van der Waals surface area contributed by atoms with Crippen LogP contribution in [-0.4, -0.2) is 29.0 Å². The number of halogens is 1. The summed E-state index contributed by atoms with van der Waals surface area (Å²) in [4.78, 5) is 35.0. The van der Waals surface area contributed by atoms with Crippen molar-refractivity contribution in [1.29, 1.82) is 0 Å². The molecule has 1 aromatic carbocycles. The molecule has 3 N–H and O–H groups in total. The van der Waals surface area contributed by atoms with Crippen LogP contribution in [0.5, 0.6) is 0 Å². The van der Waals surface area contributed by atoms with Crippen molar-refractivity contribution >= 4 is 35.1 Å². The third-order valence-corrected chi connectivity index (χ3v) is 3.67. The molecule has 1 aromatic heterocycles. The molecule has 0 aliphatic rings. The van der Waals surface area contributed by atoms with Crippen molar-refractivity contribution in [2.24, 2.45) is 5.73 Å². The minimum absolute atomic E-state index is 0.0149. The molecule has 1 atom stereocenters. The molecule has 0 bridgehead atoms. The number of hydrogen-bond acceptors (Lipinski definition) is 6. The molecule has 0 aliphatic carbocycles. The quantitative estimate of drug-likeness (QED) is 0.752. The van der Waals surface area contributed by atoms with Crippen LogP contribution < -0.4 is 11.1 Å². The minimum atomic E-state index is -1.03. The highest BCUT2D eigenvalue weighted by Crippen LogP contribution is 2.20. The Morgan fingerprint density at radius 1 is 1.32 bits per heavy atom. The van der Waals surface area contributed by atoms with E-state index in [4.69, 9.17) is 26.6 Å². The van der Waals surface area contributed by atoms with E-state index in [1.165, 1.54) is 31.2 Å². The number of amides is 2. The molecule has 0 aliphatic heterocycles. The van der Waals surface area contributed by atoms with Crippen LogP contribution >= 0.6 is 11.6 Å². The lowest BCUT2D eigenvalue weighted by molar-refractivity contribution is -0.152. The van der Waals surface area contributed by atoms with Crippen LogP contribution in [0, 0.1) is 6.92 Å². The highest BCUT2D eigenvalue weighted by atomic mass is 35.5. The zero-order valence-corrected chi connectivity index (χ0v) is 14.3. The van der Waals surface area contributed by atoms with Crippen molar-refractivity contribution in [2.45, 2.75) is 26.4 Å². The van der Waals surface area contributed by atoms with Crippen molar-refractivity contribution in [3.8, 4) is 0 Å². The SMILES string of the molecule is Cc1noc(Cl)c1CC(=O)O[C@@H](C)C(=O)Nc1ccc(C(N)=O)cc1. The maximum Gasteiger partial charge on any atom is 0.311 e. The lowest BCUT2D eigenvalue weighted by atomic mass is 10.2. The average molecular weight is 366 g/mol. The number of anilines is 1. The van der Waals surface area contributed by atoms with E-state index in [0.717, 1.165) is 0 Å². The Balaban J connectivity index is 1.91. The normalized spacial score (nSPS) is 11.6. The highest BCUT2D eigenvalue weighted by Gasteiger charge is 2.21. The molecule has 2 aromatic rings. The van der Waals surface area contributed by atoms with Crippen LogP contribution in [0.15, 0.2) is 28.8 Å². The first kappa shape index (κ1) is 18.5. The average Bonchev–Trinajstić information content (AvgIpc) is 2.87. The van der Waals surface area contributed by atoms with Gasteiger partial charge in [0.1, 0.15) is 0 Å². The number of aryl methyl sites for hydroxylation is 1. The number of nitrogens with two attached hydrogens (primary N) is 1. The standard InChI is InChI=1S/C16H16ClN3O5/c1-8-12(14(17)25-20-8)7-13(21)24-9(2)16(23)19-11-5-3-10(4-6-11)15(18)22/h3-6,9H,7H2,1-2H3,(H2,18,22)(H,19,23)/t9-/m0/s1. The van der Waals surface area contributed by atoms with Gasteiger partial charge in [-0.1, -0.05) is 5.16 Å². The summed E-state index contributed by atoms with van der Waals surface area (Å²) >= 11 is 5.78. The number of esters is 1. The maximum absolute atomic E-state index is 12.1. The second-order valence-corrected chi connectivity index (χ2v) is 5.60. The molecule has 0 unspecified atom stereocenters. The van der Waals surface area contributed by atoms with E-state index < -0.39 is 23.9 Å². The number of aromatic nitrogens is 1. The first-order chi connectivity index (χ1) is 11.8. The monoisotopic (exact) mass is 365 g/mol. The Bertz CT molecular complexity index is 781. The Labute approximate surface area is 148 Å². The lowest BCUT2D eigenvalue weighted by Crippen LogP contribution is -2.30. The van der Waals surface area contributed by atoms with Crippen LogP contribution in [0.3, 0.4) is 0 Å². The fraction of sp³-hybridized carbons (Fsp3) is 0.250. The maximum atomic E-state index is 12.1. The Morgan fingerprint density at radius 3 is 2.48 bits per heavy atom. The van der Waals surface area contributed by atoms with Gasteiger partial charge in [-0.2, -0.15) is 0 Å². The molecule has 0 fully saturated rings. The number of carbonyl (C=O) groups excluding carboxylic acids is 3. The zero-order valence-electron chi connectivity index (χ0n) is 13.5. The second kappa shape index (κ2) is 7.80. The topological polar surface area (TPSA) is 125 Å². The molecular formula is C16H16ClN3O5. The summed E-state index contributed by atoms with van der Waals surface area (Å²) in [6, 6.07) is 6.00. The van der Waals surface area contributed by atoms with Gasteiger partial charge in [-0.3, -0.25) is 14.4 Å². The summed E-state index contributed by atoms with van der Waals surface area (Å²) in [6.07, 6.45) is -1.18. The highest BCUT2D eigenvalue weighted by molar-refractivity contribution is 6.29. The number of carbonyl (C=O) groups is 3. The van der Waals surface area contributed by atoms with E-state index >= 15 is 0 Å². The molecular weight excluding hydrogens is 350 g/mol. The molecule has 1 heterocycles. The molecule has 9 heteroatoms. The largest absolute Gasteiger partial charge is 0.452 e. The van der Waals surface area contributed by atoms with Crippen LogP contribution in [-0.2, 0) is 20.7 Å².